The highest BCUT2D eigenvalue weighted by Crippen LogP contribution is 2.14. The minimum atomic E-state index is -0.913. The van der Waals surface area contributed by atoms with Gasteiger partial charge >= 0.3 is 0 Å². The van der Waals surface area contributed by atoms with Crippen LogP contribution in [0.5, 0.6) is 0 Å². The molecule has 0 spiro atoms. The van der Waals surface area contributed by atoms with Gasteiger partial charge in [0.25, 0.3) is 5.56 Å². The van der Waals surface area contributed by atoms with Crippen LogP contribution >= 0.6 is 0 Å². The van der Waals surface area contributed by atoms with Crippen LogP contribution in [-0.4, -0.2) is 15.7 Å². The van der Waals surface area contributed by atoms with Gasteiger partial charge in [-0.15, -0.1) is 0 Å². The molecule has 0 aliphatic carbocycles. The average Bonchev–Trinajstić information content (AvgIpc) is 2.39. The van der Waals surface area contributed by atoms with E-state index in [0.717, 1.165) is 16.8 Å². The third-order valence-corrected chi connectivity index (χ3v) is 2.83. The molecule has 1 amide bonds. The molecule has 2 rings (SSSR count). The predicted octanol–water partition coefficient (Wildman–Crippen LogP) is 2.03. The fraction of sp³-hybridized carbons (Fsp3) is 0.214. The molecule has 1 aromatic carbocycles. The normalized spacial score (nSPS) is 12.0. The maximum atomic E-state index is 13.1. The molecule has 5 nitrogen and oxygen atoms in total. The van der Waals surface area contributed by atoms with Crippen molar-refractivity contribution in [2.45, 2.75) is 19.9 Å². The van der Waals surface area contributed by atoms with Gasteiger partial charge in [-0.1, -0.05) is 0 Å². The summed E-state index contributed by atoms with van der Waals surface area (Å²) in [6.45, 7) is 3.15. The van der Waals surface area contributed by atoms with Crippen LogP contribution in [0.3, 0.4) is 0 Å². The molecule has 1 atom stereocenters. The number of nitrogens with zero attached hydrogens (tertiary/aromatic N) is 2. The molecule has 0 fully saturated rings. The van der Waals surface area contributed by atoms with Gasteiger partial charge in [0.15, 0.2) is 0 Å². The zero-order valence-electron chi connectivity index (χ0n) is 11.4. The topological polar surface area (TPSA) is 64.0 Å². The minimum absolute atomic E-state index is 0.0231. The van der Waals surface area contributed by atoms with E-state index in [4.69, 9.17) is 0 Å². The highest BCUT2D eigenvalue weighted by molar-refractivity contribution is 5.93. The van der Waals surface area contributed by atoms with Crippen LogP contribution in [0.2, 0.25) is 0 Å². The quantitative estimate of drug-likeness (QED) is 0.941. The van der Waals surface area contributed by atoms with Crippen LogP contribution in [0, 0.1) is 18.6 Å². The van der Waals surface area contributed by atoms with Gasteiger partial charge in [0.2, 0.25) is 5.91 Å². The Bertz CT molecular complexity index is 723. The summed E-state index contributed by atoms with van der Waals surface area (Å²) in [6, 6.07) is 4.59. The number of hydrogen-bond donors (Lipinski definition) is 1. The van der Waals surface area contributed by atoms with Crippen LogP contribution < -0.4 is 10.9 Å². The average molecular weight is 293 g/mol. The molecule has 0 bridgehead atoms. The van der Waals surface area contributed by atoms with Gasteiger partial charge in [-0.2, -0.15) is 5.10 Å². The number of aromatic nitrogens is 2. The molecule has 0 aliphatic heterocycles. The number of rotatable bonds is 3. The van der Waals surface area contributed by atoms with Gasteiger partial charge in [-0.05, 0) is 32.0 Å². The number of halogens is 2. The van der Waals surface area contributed by atoms with Crippen molar-refractivity contribution in [3.8, 4) is 0 Å². The van der Waals surface area contributed by atoms with Crippen LogP contribution in [0.4, 0.5) is 14.5 Å². The molecule has 1 aromatic heterocycles. The van der Waals surface area contributed by atoms with E-state index in [1.165, 1.54) is 19.1 Å². The third kappa shape index (κ3) is 3.50. The standard InChI is InChI=1S/C14H13F2N3O2/c1-8-3-4-13(20)19(18-8)9(2)14(21)17-12-6-10(15)5-11(16)7-12/h3-7,9H,1-2H3,(H,17,21)/t9-/m0/s1. The molecule has 1 heterocycles. The SMILES string of the molecule is Cc1ccc(=O)n([C@@H](C)C(=O)Nc2cc(F)cc(F)c2)n1. The molecule has 0 saturated carbocycles. The maximum absolute atomic E-state index is 13.1. The van der Waals surface area contributed by atoms with Crippen LogP contribution in [0.1, 0.15) is 18.7 Å². The first kappa shape index (κ1) is 14.8. The Morgan fingerprint density at radius 3 is 2.48 bits per heavy atom. The monoisotopic (exact) mass is 293 g/mol. The zero-order valence-corrected chi connectivity index (χ0v) is 11.4. The lowest BCUT2D eigenvalue weighted by molar-refractivity contribution is -0.119. The lowest BCUT2D eigenvalue weighted by Crippen LogP contribution is -2.33. The zero-order chi connectivity index (χ0) is 15.6. The van der Waals surface area contributed by atoms with E-state index >= 15 is 0 Å². The van der Waals surface area contributed by atoms with E-state index in [2.05, 4.69) is 10.4 Å². The van der Waals surface area contributed by atoms with E-state index < -0.39 is 29.1 Å². The molecule has 0 aliphatic rings. The van der Waals surface area contributed by atoms with E-state index in [-0.39, 0.29) is 5.69 Å². The molecule has 110 valence electrons. The third-order valence-electron chi connectivity index (χ3n) is 2.83. The molecule has 21 heavy (non-hydrogen) atoms. The largest absolute Gasteiger partial charge is 0.324 e. The lowest BCUT2D eigenvalue weighted by atomic mass is 10.2. The van der Waals surface area contributed by atoms with E-state index in [1.807, 2.05) is 0 Å². The van der Waals surface area contributed by atoms with Crippen LogP contribution in [-0.2, 0) is 4.79 Å². The molecule has 2 aromatic rings. The highest BCUT2D eigenvalue weighted by Gasteiger charge is 2.18. The van der Waals surface area contributed by atoms with Gasteiger partial charge in [-0.25, -0.2) is 13.5 Å². The smallest absolute Gasteiger partial charge is 0.267 e. The first-order valence-electron chi connectivity index (χ1n) is 6.20. The van der Waals surface area contributed by atoms with Crippen molar-refractivity contribution in [2.24, 2.45) is 0 Å². The van der Waals surface area contributed by atoms with Gasteiger partial charge in [0.1, 0.15) is 17.7 Å². The van der Waals surface area contributed by atoms with Gasteiger partial charge < -0.3 is 5.32 Å². The molecular formula is C14H13F2N3O2. The number of carbonyl (C=O) groups excluding carboxylic acids is 1. The fourth-order valence-corrected chi connectivity index (χ4v) is 1.78. The number of nitrogens with one attached hydrogen (secondary N) is 1. The first-order valence-corrected chi connectivity index (χ1v) is 6.20. The second kappa shape index (κ2) is 5.82. The molecule has 0 saturated heterocycles. The predicted molar refractivity (Wildman–Crippen MR) is 72.9 cm³/mol. The number of carbonyl (C=O) groups is 1. The van der Waals surface area contributed by atoms with Crippen molar-refractivity contribution < 1.29 is 13.6 Å². The number of anilines is 1. The van der Waals surface area contributed by atoms with Crippen molar-refractivity contribution in [2.75, 3.05) is 5.32 Å². The number of hydrogen-bond acceptors (Lipinski definition) is 3. The Labute approximate surface area is 119 Å². The summed E-state index contributed by atoms with van der Waals surface area (Å²) in [4.78, 5) is 23.7. The minimum Gasteiger partial charge on any atom is -0.324 e. The fourth-order valence-electron chi connectivity index (χ4n) is 1.78. The van der Waals surface area contributed by atoms with Crippen molar-refractivity contribution in [3.05, 3.63) is 58.0 Å². The number of benzene rings is 1. The molecular weight excluding hydrogens is 280 g/mol. The summed E-state index contributed by atoms with van der Waals surface area (Å²) < 4.78 is 27.1. The summed E-state index contributed by atoms with van der Waals surface area (Å²) in [5, 5.41) is 6.32. The van der Waals surface area contributed by atoms with Gasteiger partial charge in [0, 0.05) is 17.8 Å². The molecule has 0 radical (unpaired) electrons. The van der Waals surface area contributed by atoms with Crippen LogP contribution in [0.15, 0.2) is 35.1 Å². The van der Waals surface area contributed by atoms with Crippen molar-refractivity contribution in [1.29, 1.82) is 0 Å². The van der Waals surface area contributed by atoms with Crippen molar-refractivity contribution >= 4 is 11.6 Å². The number of aryl methyl sites for hydroxylation is 1. The Kier molecular flexibility index (Phi) is 4.11. The van der Waals surface area contributed by atoms with Crippen molar-refractivity contribution in [3.63, 3.8) is 0 Å². The second-order valence-corrected chi connectivity index (χ2v) is 4.58. The van der Waals surface area contributed by atoms with E-state index in [1.54, 1.807) is 6.92 Å². The number of amides is 1. The Balaban J connectivity index is 2.23. The van der Waals surface area contributed by atoms with Gasteiger partial charge in [0.05, 0.1) is 5.69 Å². The highest BCUT2D eigenvalue weighted by atomic mass is 19.1. The molecule has 1 N–H and O–H groups in total. The maximum Gasteiger partial charge on any atom is 0.267 e. The van der Waals surface area contributed by atoms with E-state index in [9.17, 15) is 18.4 Å². The lowest BCUT2D eigenvalue weighted by Gasteiger charge is -2.14. The summed E-state index contributed by atoms with van der Waals surface area (Å²) in [5.41, 5.74) is 0.116. The Hall–Kier alpha value is -2.57. The first-order chi connectivity index (χ1) is 9.86. The summed E-state index contributed by atoms with van der Waals surface area (Å²) >= 11 is 0. The summed E-state index contributed by atoms with van der Waals surface area (Å²) in [7, 11) is 0. The van der Waals surface area contributed by atoms with E-state index in [0.29, 0.717) is 11.8 Å². The molecule has 7 heteroatoms. The van der Waals surface area contributed by atoms with Gasteiger partial charge in [-0.3, -0.25) is 9.59 Å². The van der Waals surface area contributed by atoms with Crippen molar-refractivity contribution in [1.82, 2.24) is 9.78 Å². The summed E-state index contributed by atoms with van der Waals surface area (Å²) in [5.74, 6) is -2.20. The van der Waals surface area contributed by atoms with Crippen LogP contribution in [0.25, 0.3) is 0 Å². The summed E-state index contributed by atoms with van der Waals surface area (Å²) in [6.07, 6.45) is 0. The second-order valence-electron chi connectivity index (χ2n) is 4.58. The Morgan fingerprint density at radius 2 is 1.86 bits per heavy atom. The molecule has 0 unspecified atom stereocenters. The Morgan fingerprint density at radius 1 is 1.24 bits per heavy atom.